The maximum absolute atomic E-state index is 13.6. The Balaban J connectivity index is 2.42. The van der Waals surface area contributed by atoms with E-state index in [1.165, 1.54) is 24.3 Å². The van der Waals surface area contributed by atoms with Crippen molar-refractivity contribution in [2.45, 2.75) is 11.8 Å². The van der Waals surface area contributed by atoms with Gasteiger partial charge in [0, 0.05) is 4.47 Å². The number of rotatable bonds is 3. The Hall–Kier alpha value is -1.40. The number of hydrogen-bond donors (Lipinski definition) is 1. The zero-order valence-corrected chi connectivity index (χ0v) is 12.4. The number of sulfonamides is 1. The monoisotopic (exact) mass is 343 g/mol. The van der Waals surface area contributed by atoms with Gasteiger partial charge in [-0.1, -0.05) is 18.2 Å². The SMILES string of the molecule is Cc1cccc(S(=O)(=O)Nc2c(F)cccc2Br)c1. The topological polar surface area (TPSA) is 46.2 Å². The van der Waals surface area contributed by atoms with Crippen molar-refractivity contribution in [3.8, 4) is 0 Å². The molecule has 2 aromatic carbocycles. The molecule has 0 aliphatic rings. The van der Waals surface area contributed by atoms with Crippen LogP contribution in [0, 0.1) is 12.7 Å². The van der Waals surface area contributed by atoms with Gasteiger partial charge in [0.05, 0.1) is 10.6 Å². The summed E-state index contributed by atoms with van der Waals surface area (Å²) in [4.78, 5) is 0.0997. The Kier molecular flexibility index (Phi) is 3.91. The molecule has 0 atom stereocenters. The molecule has 2 aromatic rings. The third kappa shape index (κ3) is 3.13. The van der Waals surface area contributed by atoms with Crippen molar-refractivity contribution in [2.75, 3.05) is 4.72 Å². The summed E-state index contributed by atoms with van der Waals surface area (Å²) < 4.78 is 40.5. The van der Waals surface area contributed by atoms with Crippen LogP contribution in [-0.2, 0) is 10.0 Å². The van der Waals surface area contributed by atoms with Crippen LogP contribution < -0.4 is 4.72 Å². The molecule has 0 aromatic heterocycles. The molecular weight excluding hydrogens is 333 g/mol. The summed E-state index contributed by atoms with van der Waals surface area (Å²) in [5.41, 5.74) is 0.722. The minimum Gasteiger partial charge on any atom is -0.275 e. The van der Waals surface area contributed by atoms with E-state index in [2.05, 4.69) is 20.7 Å². The molecule has 3 nitrogen and oxygen atoms in total. The number of aryl methyl sites for hydroxylation is 1. The van der Waals surface area contributed by atoms with Crippen molar-refractivity contribution < 1.29 is 12.8 Å². The van der Waals surface area contributed by atoms with Crippen LogP contribution in [0.1, 0.15) is 5.56 Å². The second kappa shape index (κ2) is 5.30. The molecule has 0 bridgehead atoms. The summed E-state index contributed by atoms with van der Waals surface area (Å²) >= 11 is 3.12. The Morgan fingerprint density at radius 3 is 2.47 bits per heavy atom. The summed E-state index contributed by atoms with van der Waals surface area (Å²) in [6.07, 6.45) is 0. The van der Waals surface area contributed by atoms with Crippen molar-refractivity contribution in [3.63, 3.8) is 0 Å². The van der Waals surface area contributed by atoms with E-state index < -0.39 is 15.8 Å². The minimum absolute atomic E-state index is 0.0935. The molecular formula is C13H11BrFNO2S. The molecule has 0 amide bonds. The zero-order chi connectivity index (χ0) is 14.0. The van der Waals surface area contributed by atoms with Gasteiger partial charge in [-0.15, -0.1) is 0 Å². The van der Waals surface area contributed by atoms with Crippen LogP contribution in [-0.4, -0.2) is 8.42 Å². The number of nitrogens with one attached hydrogen (secondary N) is 1. The van der Waals surface area contributed by atoms with E-state index in [0.717, 1.165) is 5.56 Å². The van der Waals surface area contributed by atoms with Crippen molar-refractivity contribution in [2.24, 2.45) is 0 Å². The first-order chi connectivity index (χ1) is 8.90. The first-order valence-electron chi connectivity index (χ1n) is 5.43. The highest BCUT2D eigenvalue weighted by molar-refractivity contribution is 9.10. The van der Waals surface area contributed by atoms with Crippen molar-refractivity contribution in [1.82, 2.24) is 0 Å². The van der Waals surface area contributed by atoms with Gasteiger partial charge in [-0.2, -0.15) is 0 Å². The molecule has 0 unspecified atom stereocenters. The number of hydrogen-bond acceptors (Lipinski definition) is 2. The van der Waals surface area contributed by atoms with E-state index in [0.29, 0.717) is 4.47 Å². The smallest absolute Gasteiger partial charge is 0.262 e. The summed E-state index contributed by atoms with van der Waals surface area (Å²) in [5.74, 6) is -0.634. The van der Waals surface area contributed by atoms with Gasteiger partial charge >= 0.3 is 0 Å². The molecule has 0 radical (unpaired) electrons. The highest BCUT2D eigenvalue weighted by atomic mass is 79.9. The number of benzene rings is 2. The number of halogens is 2. The first-order valence-corrected chi connectivity index (χ1v) is 7.71. The van der Waals surface area contributed by atoms with Gasteiger partial charge in [0.2, 0.25) is 0 Å². The van der Waals surface area contributed by atoms with Gasteiger partial charge in [-0.05, 0) is 52.7 Å². The van der Waals surface area contributed by atoms with Crippen LogP contribution >= 0.6 is 15.9 Å². The van der Waals surface area contributed by atoms with Crippen LogP contribution in [0.3, 0.4) is 0 Å². The molecule has 19 heavy (non-hydrogen) atoms. The molecule has 0 fully saturated rings. The molecule has 100 valence electrons. The molecule has 0 saturated carbocycles. The third-order valence-corrected chi connectivity index (χ3v) is 4.51. The van der Waals surface area contributed by atoms with Crippen LogP contribution in [0.4, 0.5) is 10.1 Å². The average Bonchev–Trinajstić information content (AvgIpc) is 2.34. The summed E-state index contributed by atoms with van der Waals surface area (Å²) in [6, 6.07) is 10.7. The fourth-order valence-corrected chi connectivity index (χ4v) is 3.34. The number of anilines is 1. The minimum atomic E-state index is -3.80. The number of para-hydroxylation sites is 1. The van der Waals surface area contributed by atoms with E-state index >= 15 is 0 Å². The van der Waals surface area contributed by atoms with Gasteiger partial charge in [0.1, 0.15) is 5.82 Å². The highest BCUT2D eigenvalue weighted by Gasteiger charge is 2.18. The lowest BCUT2D eigenvalue weighted by atomic mass is 10.2. The highest BCUT2D eigenvalue weighted by Crippen LogP contribution is 2.27. The van der Waals surface area contributed by atoms with E-state index in [9.17, 15) is 12.8 Å². The van der Waals surface area contributed by atoms with Crippen molar-refractivity contribution in [1.29, 1.82) is 0 Å². The standard InChI is InChI=1S/C13H11BrFNO2S/c1-9-4-2-5-10(8-9)19(17,18)16-13-11(14)6-3-7-12(13)15/h2-8,16H,1H3. The Labute approximate surface area is 119 Å². The lowest BCUT2D eigenvalue weighted by Gasteiger charge is -2.11. The molecule has 2 rings (SSSR count). The summed E-state index contributed by atoms with van der Waals surface area (Å²) in [5, 5.41) is 0. The van der Waals surface area contributed by atoms with Crippen molar-refractivity contribution in [3.05, 3.63) is 58.3 Å². The van der Waals surface area contributed by atoms with E-state index in [4.69, 9.17) is 0 Å². The fourth-order valence-electron chi connectivity index (χ4n) is 1.57. The molecule has 0 heterocycles. The maximum atomic E-state index is 13.6. The van der Waals surface area contributed by atoms with E-state index in [1.54, 1.807) is 25.1 Å². The quantitative estimate of drug-likeness (QED) is 0.923. The molecule has 0 spiro atoms. The maximum Gasteiger partial charge on any atom is 0.262 e. The van der Waals surface area contributed by atoms with Crippen LogP contribution in [0.5, 0.6) is 0 Å². The average molecular weight is 344 g/mol. The van der Waals surface area contributed by atoms with Gasteiger partial charge in [-0.25, -0.2) is 12.8 Å². The molecule has 0 saturated heterocycles. The van der Waals surface area contributed by atoms with Gasteiger partial charge in [0.15, 0.2) is 0 Å². The van der Waals surface area contributed by atoms with E-state index in [-0.39, 0.29) is 10.6 Å². The summed E-state index contributed by atoms with van der Waals surface area (Å²) in [7, 11) is -3.80. The van der Waals surface area contributed by atoms with Gasteiger partial charge < -0.3 is 0 Å². The second-order valence-electron chi connectivity index (χ2n) is 4.02. The second-order valence-corrected chi connectivity index (χ2v) is 6.56. The first kappa shape index (κ1) is 14.0. The van der Waals surface area contributed by atoms with E-state index in [1.807, 2.05) is 0 Å². The Morgan fingerprint density at radius 2 is 1.84 bits per heavy atom. The molecule has 6 heteroatoms. The van der Waals surface area contributed by atoms with Crippen LogP contribution in [0.25, 0.3) is 0 Å². The predicted octanol–water partition coefficient (Wildman–Crippen LogP) is 3.70. The van der Waals surface area contributed by atoms with Gasteiger partial charge in [0.25, 0.3) is 10.0 Å². The summed E-state index contributed by atoms with van der Waals surface area (Å²) in [6.45, 7) is 1.79. The lowest BCUT2D eigenvalue weighted by molar-refractivity contribution is 0.598. The Bertz CT molecular complexity index is 696. The predicted molar refractivity (Wildman–Crippen MR) is 76.1 cm³/mol. The molecule has 1 N–H and O–H groups in total. The lowest BCUT2D eigenvalue weighted by Crippen LogP contribution is -2.14. The van der Waals surface area contributed by atoms with Gasteiger partial charge in [-0.3, -0.25) is 4.72 Å². The largest absolute Gasteiger partial charge is 0.275 e. The normalized spacial score (nSPS) is 11.3. The molecule has 0 aliphatic heterocycles. The fraction of sp³-hybridized carbons (Fsp3) is 0.0769. The third-order valence-electron chi connectivity index (χ3n) is 2.50. The van der Waals surface area contributed by atoms with Crippen LogP contribution in [0.15, 0.2) is 51.8 Å². The Morgan fingerprint density at radius 1 is 1.16 bits per heavy atom. The van der Waals surface area contributed by atoms with Crippen molar-refractivity contribution >= 4 is 31.6 Å². The molecule has 0 aliphatic carbocycles. The zero-order valence-electron chi connectivity index (χ0n) is 10.0. The van der Waals surface area contributed by atoms with Crippen LogP contribution in [0.2, 0.25) is 0 Å².